The molecule has 0 aromatic carbocycles. The molecule has 1 aromatic heterocycles. The summed E-state index contributed by atoms with van der Waals surface area (Å²) in [6.07, 6.45) is 1.50. The number of aromatic nitrogens is 1. The number of carbonyl (C=O) groups is 1. The Labute approximate surface area is 84.6 Å². The zero-order valence-electron chi connectivity index (χ0n) is 7.82. The molecule has 0 amide bonds. The predicted octanol–water partition coefficient (Wildman–Crippen LogP) is 1.46. The molecule has 0 radical (unpaired) electrons. The molecule has 0 aliphatic carbocycles. The molecule has 0 bridgehead atoms. The predicted molar refractivity (Wildman–Crippen MR) is 48.0 cm³/mol. The van der Waals surface area contributed by atoms with Crippen molar-refractivity contribution in [3.8, 4) is 0 Å². The monoisotopic (exact) mass is 205 g/mol. The Morgan fingerprint density at radius 2 is 2.07 bits per heavy atom. The Bertz CT molecular complexity index is 456. The number of carboxylic acids is 1. The molecule has 0 spiro atoms. The van der Waals surface area contributed by atoms with E-state index in [1.165, 1.54) is 6.20 Å². The molecule has 1 aliphatic rings. The van der Waals surface area contributed by atoms with Crippen LogP contribution in [0.4, 0.5) is 0 Å². The largest absolute Gasteiger partial charge is 0.478 e. The van der Waals surface area contributed by atoms with Gasteiger partial charge in [0.1, 0.15) is 5.69 Å². The van der Waals surface area contributed by atoms with E-state index in [0.717, 1.165) is 5.56 Å². The van der Waals surface area contributed by atoms with Crippen molar-refractivity contribution >= 4 is 5.97 Å². The van der Waals surface area contributed by atoms with Crippen LogP contribution in [0.5, 0.6) is 0 Å². The van der Waals surface area contributed by atoms with Crippen LogP contribution in [0.25, 0.3) is 0 Å². The number of nitrogens with zero attached hydrogens (tertiary/aromatic N) is 5. The summed E-state index contributed by atoms with van der Waals surface area (Å²) in [7, 11) is 0. The number of carboxylic acid groups (broad SMARTS) is 1. The Morgan fingerprint density at radius 3 is 2.60 bits per heavy atom. The van der Waals surface area contributed by atoms with Gasteiger partial charge in [0.25, 0.3) is 0 Å². The van der Waals surface area contributed by atoms with Gasteiger partial charge >= 0.3 is 11.6 Å². The Kier molecular flexibility index (Phi) is 2.00. The first kappa shape index (κ1) is 9.38. The zero-order valence-corrected chi connectivity index (χ0v) is 7.82. The van der Waals surface area contributed by atoms with Crippen molar-refractivity contribution in [3.63, 3.8) is 0 Å². The third-order valence-electron chi connectivity index (χ3n) is 1.99. The number of aliphatic carboxylic acids is 1. The van der Waals surface area contributed by atoms with Crippen LogP contribution in [-0.2, 0) is 10.5 Å². The van der Waals surface area contributed by atoms with Crippen molar-refractivity contribution in [1.82, 2.24) is 4.98 Å². The molecular weight excluding hydrogens is 198 g/mol. The van der Waals surface area contributed by atoms with Crippen LogP contribution in [0.3, 0.4) is 0 Å². The lowest BCUT2D eigenvalue weighted by molar-refractivity contribution is -0.143. The molecular formula is C8H7N5O2. The molecule has 1 aromatic rings. The minimum atomic E-state index is -1.80. The highest BCUT2D eigenvalue weighted by atomic mass is 16.4. The number of aryl methyl sites for hydroxylation is 1. The molecule has 0 saturated heterocycles. The molecule has 7 nitrogen and oxygen atoms in total. The molecule has 15 heavy (non-hydrogen) atoms. The second-order valence-electron chi connectivity index (χ2n) is 3.07. The van der Waals surface area contributed by atoms with E-state index in [4.69, 9.17) is 5.11 Å². The van der Waals surface area contributed by atoms with Gasteiger partial charge in [-0.05, 0) is 35.1 Å². The van der Waals surface area contributed by atoms with Gasteiger partial charge < -0.3 is 5.11 Å². The van der Waals surface area contributed by atoms with E-state index in [9.17, 15) is 4.79 Å². The van der Waals surface area contributed by atoms with Gasteiger partial charge in [-0.25, -0.2) is 4.79 Å². The number of hydrogen-bond donors (Lipinski definition) is 1. The summed E-state index contributed by atoms with van der Waals surface area (Å²) < 4.78 is 0. The fraction of sp³-hybridized carbons (Fsp3) is 0.250. The van der Waals surface area contributed by atoms with Crippen LogP contribution in [0.1, 0.15) is 11.3 Å². The Morgan fingerprint density at radius 1 is 1.40 bits per heavy atom. The summed E-state index contributed by atoms with van der Waals surface area (Å²) in [6.45, 7) is 1.82. The molecule has 2 rings (SSSR count). The highest BCUT2D eigenvalue weighted by Crippen LogP contribution is 2.31. The summed E-state index contributed by atoms with van der Waals surface area (Å²) in [4.78, 5) is 15.0. The molecule has 76 valence electrons. The average molecular weight is 205 g/mol. The highest BCUT2D eigenvalue weighted by molar-refractivity contribution is 5.80. The normalized spacial score (nSPS) is 16.9. The lowest BCUT2D eigenvalue weighted by Crippen LogP contribution is -2.30. The first-order valence-electron chi connectivity index (χ1n) is 4.16. The third-order valence-corrected chi connectivity index (χ3v) is 1.99. The lowest BCUT2D eigenvalue weighted by atomic mass is 10.1. The van der Waals surface area contributed by atoms with Gasteiger partial charge in [0.05, 0.1) is 0 Å². The maximum Gasteiger partial charge on any atom is 0.364 e. The Hall–Kier alpha value is -2.18. The van der Waals surface area contributed by atoms with E-state index < -0.39 is 11.6 Å². The van der Waals surface area contributed by atoms with Crippen molar-refractivity contribution in [2.45, 2.75) is 12.6 Å². The first-order valence-corrected chi connectivity index (χ1v) is 4.16. The van der Waals surface area contributed by atoms with E-state index in [-0.39, 0.29) is 5.69 Å². The standard InChI is InChI=1S/C8H7N5O2/c1-5-2-3-9-6(4-5)8(7(14)15)10-12-13-11-8/h2-4H,1H3,(H,14,15). The van der Waals surface area contributed by atoms with Gasteiger partial charge in [-0.15, -0.1) is 10.2 Å². The molecule has 1 N–H and O–H groups in total. The molecule has 0 saturated carbocycles. The maximum absolute atomic E-state index is 11.1. The fourth-order valence-corrected chi connectivity index (χ4v) is 1.21. The van der Waals surface area contributed by atoms with Gasteiger partial charge in [0, 0.05) is 6.20 Å². The van der Waals surface area contributed by atoms with E-state index in [1.54, 1.807) is 12.1 Å². The Balaban J connectivity index is 2.56. The molecule has 2 heterocycles. The SMILES string of the molecule is Cc1ccnc(C2(C(=O)O)N=NN=N2)c1. The summed E-state index contributed by atoms with van der Waals surface area (Å²) >= 11 is 0. The number of rotatable bonds is 2. The number of pyridine rings is 1. The first-order chi connectivity index (χ1) is 7.15. The van der Waals surface area contributed by atoms with Crippen LogP contribution in [0, 0.1) is 6.92 Å². The van der Waals surface area contributed by atoms with Crippen molar-refractivity contribution in [1.29, 1.82) is 0 Å². The van der Waals surface area contributed by atoms with E-state index in [0.29, 0.717) is 0 Å². The van der Waals surface area contributed by atoms with Gasteiger partial charge in [-0.1, -0.05) is 0 Å². The minimum absolute atomic E-state index is 0.208. The van der Waals surface area contributed by atoms with Crippen molar-refractivity contribution in [2.75, 3.05) is 0 Å². The fourth-order valence-electron chi connectivity index (χ4n) is 1.21. The van der Waals surface area contributed by atoms with E-state index >= 15 is 0 Å². The molecule has 0 atom stereocenters. The average Bonchev–Trinajstić information content (AvgIpc) is 2.67. The summed E-state index contributed by atoms with van der Waals surface area (Å²) in [6, 6.07) is 3.35. The van der Waals surface area contributed by atoms with Crippen LogP contribution in [0.2, 0.25) is 0 Å². The zero-order chi connectivity index (χ0) is 10.9. The van der Waals surface area contributed by atoms with Gasteiger partial charge in [0.2, 0.25) is 0 Å². The second-order valence-corrected chi connectivity index (χ2v) is 3.07. The summed E-state index contributed by atoms with van der Waals surface area (Å²) in [5.41, 5.74) is -0.718. The van der Waals surface area contributed by atoms with Crippen molar-refractivity contribution in [2.24, 2.45) is 20.7 Å². The van der Waals surface area contributed by atoms with E-state index in [1.807, 2.05) is 6.92 Å². The highest BCUT2D eigenvalue weighted by Gasteiger charge is 2.45. The van der Waals surface area contributed by atoms with Crippen molar-refractivity contribution in [3.05, 3.63) is 29.6 Å². The van der Waals surface area contributed by atoms with Crippen molar-refractivity contribution < 1.29 is 9.90 Å². The summed E-state index contributed by atoms with van der Waals surface area (Å²) in [5.74, 6) is -1.24. The lowest BCUT2D eigenvalue weighted by Gasteiger charge is -2.13. The van der Waals surface area contributed by atoms with Gasteiger partial charge in [-0.3, -0.25) is 4.98 Å². The van der Waals surface area contributed by atoms with Crippen LogP contribution >= 0.6 is 0 Å². The molecule has 0 unspecified atom stereocenters. The third kappa shape index (κ3) is 1.37. The van der Waals surface area contributed by atoms with Gasteiger partial charge in [-0.2, -0.15) is 0 Å². The topological polar surface area (TPSA) is 99.6 Å². The van der Waals surface area contributed by atoms with Crippen LogP contribution < -0.4 is 0 Å². The van der Waals surface area contributed by atoms with Crippen LogP contribution in [0.15, 0.2) is 39.0 Å². The number of hydrogen-bond acceptors (Lipinski definition) is 6. The minimum Gasteiger partial charge on any atom is -0.478 e. The van der Waals surface area contributed by atoms with Crippen LogP contribution in [-0.4, -0.2) is 16.1 Å². The second kappa shape index (κ2) is 3.19. The quantitative estimate of drug-likeness (QED) is 0.790. The maximum atomic E-state index is 11.1. The van der Waals surface area contributed by atoms with E-state index in [2.05, 4.69) is 25.7 Å². The molecule has 1 aliphatic heterocycles. The molecule has 0 fully saturated rings. The molecule has 7 heteroatoms. The van der Waals surface area contributed by atoms with Gasteiger partial charge in [0.15, 0.2) is 0 Å². The smallest absolute Gasteiger partial charge is 0.364 e. The summed E-state index contributed by atoms with van der Waals surface area (Å²) in [5, 5.41) is 22.5.